The summed E-state index contributed by atoms with van der Waals surface area (Å²) in [6.45, 7) is 0.691. The molecular weight excluding hydrogens is 250 g/mol. The van der Waals surface area contributed by atoms with Crippen molar-refractivity contribution in [3.05, 3.63) is 22.6 Å². The maximum absolute atomic E-state index is 11.7. The van der Waals surface area contributed by atoms with Crippen LogP contribution in [0.15, 0.2) is 21.2 Å². The lowest BCUT2D eigenvalue weighted by Gasteiger charge is -2.11. The fraction of sp³-hybridized carbons (Fsp3) is 0.333. The number of hydrogen-bond acceptors (Lipinski definition) is 3. The van der Waals surface area contributed by atoms with Crippen LogP contribution in [0.3, 0.4) is 0 Å². The fourth-order valence-electron chi connectivity index (χ4n) is 1.39. The summed E-state index contributed by atoms with van der Waals surface area (Å²) in [5, 5.41) is 0. The average molecular weight is 258 g/mol. The van der Waals surface area contributed by atoms with Gasteiger partial charge in [-0.25, -0.2) is 0 Å². The number of carbonyl (C=O) groups excluding carboxylic acids is 2. The third-order valence-electron chi connectivity index (χ3n) is 2.13. The number of furan rings is 1. The van der Waals surface area contributed by atoms with Crippen LogP contribution < -0.4 is 0 Å². The average Bonchev–Trinajstić information content (AvgIpc) is 2.73. The van der Waals surface area contributed by atoms with E-state index in [1.54, 1.807) is 6.07 Å². The third-order valence-corrected chi connectivity index (χ3v) is 2.75. The number of carbonyl (C=O) groups is 2. The quantitative estimate of drug-likeness (QED) is 0.766. The molecule has 74 valence electrons. The van der Waals surface area contributed by atoms with Crippen molar-refractivity contribution in [2.45, 2.75) is 6.42 Å². The van der Waals surface area contributed by atoms with Crippen LogP contribution in [0.5, 0.6) is 0 Å². The minimum absolute atomic E-state index is 0.0982. The highest BCUT2D eigenvalue weighted by Gasteiger charge is 2.27. The summed E-state index contributed by atoms with van der Waals surface area (Å²) in [5.74, 6) is 0.133. The summed E-state index contributed by atoms with van der Waals surface area (Å²) < 4.78 is 5.65. The van der Waals surface area contributed by atoms with Gasteiger partial charge in [0.15, 0.2) is 5.78 Å². The minimum Gasteiger partial charge on any atom is -0.458 e. The Bertz CT molecular complexity index is 385. The SMILES string of the molecule is O=C1CCN(C(=O)c2occc2Br)C1. The molecule has 1 saturated heterocycles. The first kappa shape index (κ1) is 9.45. The molecule has 5 heteroatoms. The molecule has 1 aliphatic rings. The number of rotatable bonds is 1. The lowest BCUT2D eigenvalue weighted by molar-refractivity contribution is -0.116. The molecule has 2 heterocycles. The van der Waals surface area contributed by atoms with E-state index in [0.29, 0.717) is 17.4 Å². The molecule has 14 heavy (non-hydrogen) atoms. The van der Waals surface area contributed by atoms with Gasteiger partial charge >= 0.3 is 0 Å². The predicted molar refractivity (Wildman–Crippen MR) is 51.9 cm³/mol. The van der Waals surface area contributed by atoms with Gasteiger partial charge in [0, 0.05) is 13.0 Å². The van der Waals surface area contributed by atoms with Gasteiger partial charge in [0.2, 0.25) is 5.76 Å². The molecule has 0 aromatic carbocycles. The van der Waals surface area contributed by atoms with Crippen molar-refractivity contribution >= 4 is 27.6 Å². The Morgan fingerprint density at radius 3 is 2.86 bits per heavy atom. The van der Waals surface area contributed by atoms with Gasteiger partial charge < -0.3 is 9.32 Å². The molecule has 2 rings (SSSR count). The van der Waals surface area contributed by atoms with Crippen molar-refractivity contribution in [2.75, 3.05) is 13.1 Å². The number of nitrogens with zero attached hydrogens (tertiary/aromatic N) is 1. The second kappa shape index (κ2) is 3.57. The predicted octanol–water partition coefficient (Wildman–Crippen LogP) is 1.46. The smallest absolute Gasteiger partial charge is 0.291 e. The topological polar surface area (TPSA) is 50.5 Å². The summed E-state index contributed by atoms with van der Waals surface area (Å²) in [6, 6.07) is 1.66. The van der Waals surface area contributed by atoms with Crippen LogP contribution in [-0.4, -0.2) is 29.7 Å². The van der Waals surface area contributed by atoms with E-state index in [1.807, 2.05) is 0 Å². The normalized spacial score (nSPS) is 16.4. The highest BCUT2D eigenvalue weighted by molar-refractivity contribution is 9.10. The Kier molecular flexibility index (Phi) is 2.41. The van der Waals surface area contributed by atoms with Crippen LogP contribution in [0.4, 0.5) is 0 Å². The van der Waals surface area contributed by atoms with Crippen LogP contribution in [-0.2, 0) is 4.79 Å². The van der Waals surface area contributed by atoms with Gasteiger partial charge in [-0.2, -0.15) is 0 Å². The maximum atomic E-state index is 11.7. The molecule has 0 radical (unpaired) electrons. The lowest BCUT2D eigenvalue weighted by atomic mass is 10.4. The highest BCUT2D eigenvalue weighted by Crippen LogP contribution is 2.20. The van der Waals surface area contributed by atoms with Gasteiger partial charge in [-0.1, -0.05) is 0 Å². The number of hydrogen-bond donors (Lipinski definition) is 0. The van der Waals surface area contributed by atoms with Gasteiger partial charge in [0.1, 0.15) is 0 Å². The molecule has 0 spiro atoms. The summed E-state index contributed by atoms with van der Waals surface area (Å²) in [6.07, 6.45) is 1.89. The van der Waals surface area contributed by atoms with Crippen molar-refractivity contribution in [1.29, 1.82) is 0 Å². The van der Waals surface area contributed by atoms with Gasteiger partial charge in [-0.3, -0.25) is 9.59 Å². The summed E-state index contributed by atoms with van der Waals surface area (Å²) in [7, 11) is 0. The van der Waals surface area contributed by atoms with Gasteiger partial charge in [0.05, 0.1) is 17.3 Å². The van der Waals surface area contributed by atoms with Crippen LogP contribution >= 0.6 is 15.9 Å². The van der Waals surface area contributed by atoms with E-state index in [-0.39, 0.29) is 24.0 Å². The molecule has 0 aliphatic carbocycles. The molecule has 0 unspecified atom stereocenters. The molecular formula is C9H8BrNO3. The molecule has 1 amide bonds. The Morgan fingerprint density at radius 2 is 2.36 bits per heavy atom. The monoisotopic (exact) mass is 257 g/mol. The number of amides is 1. The van der Waals surface area contributed by atoms with E-state index in [4.69, 9.17) is 4.42 Å². The van der Waals surface area contributed by atoms with E-state index in [1.165, 1.54) is 11.2 Å². The first-order valence-corrected chi connectivity index (χ1v) is 5.02. The molecule has 0 bridgehead atoms. The molecule has 0 saturated carbocycles. The Hall–Kier alpha value is -1.10. The zero-order valence-corrected chi connectivity index (χ0v) is 8.91. The number of likely N-dealkylation sites (tertiary alicyclic amines) is 1. The minimum atomic E-state index is -0.229. The van der Waals surface area contributed by atoms with Gasteiger partial charge in [-0.15, -0.1) is 0 Å². The highest BCUT2D eigenvalue weighted by atomic mass is 79.9. The first-order valence-electron chi connectivity index (χ1n) is 4.22. The van der Waals surface area contributed by atoms with Gasteiger partial charge in [-0.05, 0) is 22.0 Å². The summed E-state index contributed by atoms with van der Waals surface area (Å²) >= 11 is 3.20. The zero-order chi connectivity index (χ0) is 10.1. The molecule has 1 aromatic heterocycles. The zero-order valence-electron chi connectivity index (χ0n) is 7.33. The lowest BCUT2D eigenvalue weighted by Crippen LogP contribution is -2.28. The van der Waals surface area contributed by atoms with Crippen molar-refractivity contribution in [2.24, 2.45) is 0 Å². The molecule has 0 atom stereocenters. The van der Waals surface area contributed by atoms with Crippen molar-refractivity contribution in [3.63, 3.8) is 0 Å². The maximum Gasteiger partial charge on any atom is 0.291 e. The Labute approximate surface area is 89.0 Å². The molecule has 4 nitrogen and oxygen atoms in total. The van der Waals surface area contributed by atoms with Gasteiger partial charge in [0.25, 0.3) is 5.91 Å². The number of ketones is 1. The van der Waals surface area contributed by atoms with E-state index >= 15 is 0 Å². The number of Topliss-reactive ketones (excluding diaryl/α,β-unsaturated/α-hetero) is 1. The standard InChI is InChI=1S/C9H8BrNO3/c10-7-2-4-14-8(7)9(13)11-3-1-6(12)5-11/h2,4H,1,3,5H2. The Balaban J connectivity index is 2.17. The number of halogens is 1. The van der Waals surface area contributed by atoms with Crippen LogP contribution in [0, 0.1) is 0 Å². The van der Waals surface area contributed by atoms with Crippen LogP contribution in [0.25, 0.3) is 0 Å². The molecule has 1 aromatic rings. The van der Waals surface area contributed by atoms with Crippen LogP contribution in [0.1, 0.15) is 17.0 Å². The molecule has 1 fully saturated rings. The van der Waals surface area contributed by atoms with E-state index in [9.17, 15) is 9.59 Å². The first-order chi connectivity index (χ1) is 6.68. The fourth-order valence-corrected chi connectivity index (χ4v) is 1.76. The molecule has 1 aliphatic heterocycles. The van der Waals surface area contributed by atoms with Crippen LogP contribution in [0.2, 0.25) is 0 Å². The summed E-state index contributed by atoms with van der Waals surface area (Å²) in [5.41, 5.74) is 0. The van der Waals surface area contributed by atoms with E-state index in [2.05, 4.69) is 15.9 Å². The second-order valence-electron chi connectivity index (χ2n) is 3.11. The van der Waals surface area contributed by atoms with Crippen molar-refractivity contribution in [1.82, 2.24) is 4.90 Å². The largest absolute Gasteiger partial charge is 0.458 e. The van der Waals surface area contributed by atoms with Crippen molar-refractivity contribution < 1.29 is 14.0 Å². The second-order valence-corrected chi connectivity index (χ2v) is 3.97. The van der Waals surface area contributed by atoms with Crippen molar-refractivity contribution in [3.8, 4) is 0 Å². The van der Waals surface area contributed by atoms with E-state index in [0.717, 1.165) is 0 Å². The third kappa shape index (κ3) is 1.59. The summed E-state index contributed by atoms with van der Waals surface area (Å²) in [4.78, 5) is 24.2. The Morgan fingerprint density at radius 1 is 1.57 bits per heavy atom. The van der Waals surface area contributed by atoms with E-state index < -0.39 is 0 Å². The molecule has 0 N–H and O–H groups in total.